The van der Waals surface area contributed by atoms with Crippen LogP contribution in [0.1, 0.15) is 13.8 Å². The summed E-state index contributed by atoms with van der Waals surface area (Å²) in [6.45, 7) is 3.44. The highest BCUT2D eigenvalue weighted by atomic mass is 16.3. The molecule has 0 amide bonds. The lowest BCUT2D eigenvalue weighted by atomic mass is 10.3. The number of rotatable bonds is 0. The van der Waals surface area contributed by atoms with E-state index >= 15 is 0 Å². The molecule has 62 valence electrons. The number of phenols is 1. The van der Waals surface area contributed by atoms with E-state index in [1.165, 1.54) is 0 Å². The molecule has 0 fully saturated rings. The monoisotopic (exact) mass is 154 g/mol. The summed E-state index contributed by atoms with van der Waals surface area (Å²) in [5, 5.41) is 16.7. The van der Waals surface area contributed by atoms with Crippen LogP contribution >= 0.6 is 0 Å². The van der Waals surface area contributed by atoms with Gasteiger partial charge in [0.1, 0.15) is 5.75 Å². The molecule has 0 unspecified atom stereocenters. The zero-order chi connectivity index (χ0) is 8.69. The van der Waals surface area contributed by atoms with Crippen molar-refractivity contribution >= 4 is 0 Å². The molecule has 2 heteroatoms. The third-order valence-corrected chi connectivity index (χ3v) is 0.756. The minimum absolute atomic E-state index is 0.167. The van der Waals surface area contributed by atoms with Gasteiger partial charge in [0.15, 0.2) is 0 Å². The first-order valence-electron chi connectivity index (χ1n) is 3.55. The van der Waals surface area contributed by atoms with Crippen LogP contribution in [0.2, 0.25) is 0 Å². The molecule has 0 radical (unpaired) electrons. The van der Waals surface area contributed by atoms with Gasteiger partial charge >= 0.3 is 0 Å². The van der Waals surface area contributed by atoms with Crippen LogP contribution in [-0.2, 0) is 0 Å². The summed E-state index contributed by atoms with van der Waals surface area (Å²) in [5.41, 5.74) is 0. The molecule has 0 heterocycles. The van der Waals surface area contributed by atoms with Crippen molar-refractivity contribution in [2.24, 2.45) is 0 Å². The summed E-state index contributed by atoms with van der Waals surface area (Å²) in [6, 6.07) is 8.71. The fraction of sp³-hybridized carbons (Fsp3) is 0.333. The summed E-state index contributed by atoms with van der Waals surface area (Å²) in [4.78, 5) is 0. The first kappa shape index (κ1) is 9.98. The maximum atomic E-state index is 8.63. The number of aliphatic hydroxyl groups excluding tert-OH is 1. The van der Waals surface area contributed by atoms with Crippen molar-refractivity contribution in [1.82, 2.24) is 0 Å². The van der Waals surface area contributed by atoms with E-state index in [4.69, 9.17) is 10.2 Å². The fourth-order valence-corrected chi connectivity index (χ4v) is 0.428. The normalized spacial score (nSPS) is 8.73. The third kappa shape index (κ3) is 8.98. The second kappa shape index (κ2) is 5.74. The molecule has 2 N–H and O–H groups in total. The van der Waals surface area contributed by atoms with Crippen molar-refractivity contribution in [3.05, 3.63) is 30.3 Å². The van der Waals surface area contributed by atoms with Crippen LogP contribution in [0.25, 0.3) is 0 Å². The molecule has 1 aromatic carbocycles. The molecule has 0 aliphatic carbocycles. The Morgan fingerprint density at radius 2 is 1.45 bits per heavy atom. The van der Waals surface area contributed by atoms with Crippen molar-refractivity contribution in [3.8, 4) is 5.75 Å². The van der Waals surface area contributed by atoms with E-state index in [1.54, 1.807) is 38.1 Å². The lowest BCUT2D eigenvalue weighted by molar-refractivity contribution is 0.216. The van der Waals surface area contributed by atoms with Gasteiger partial charge in [0, 0.05) is 6.10 Å². The van der Waals surface area contributed by atoms with Gasteiger partial charge in [0.2, 0.25) is 0 Å². The molecule has 0 atom stereocenters. The maximum Gasteiger partial charge on any atom is 0.115 e. The molecule has 0 saturated heterocycles. The van der Waals surface area contributed by atoms with Crippen LogP contribution in [0.3, 0.4) is 0 Å². The summed E-state index contributed by atoms with van der Waals surface area (Å²) in [5.74, 6) is 0.322. The van der Waals surface area contributed by atoms with E-state index in [-0.39, 0.29) is 6.10 Å². The molecule has 0 saturated carbocycles. The van der Waals surface area contributed by atoms with E-state index < -0.39 is 0 Å². The molecule has 0 aliphatic heterocycles. The first-order valence-corrected chi connectivity index (χ1v) is 3.55. The van der Waals surface area contributed by atoms with Crippen LogP contribution in [0.5, 0.6) is 5.75 Å². The second-order valence-corrected chi connectivity index (χ2v) is 2.43. The van der Waals surface area contributed by atoms with Gasteiger partial charge in [-0.05, 0) is 26.0 Å². The molecule has 0 bridgehead atoms. The van der Waals surface area contributed by atoms with Crippen LogP contribution in [-0.4, -0.2) is 16.3 Å². The zero-order valence-corrected chi connectivity index (χ0v) is 6.86. The minimum Gasteiger partial charge on any atom is -0.508 e. The Hall–Kier alpha value is -1.02. The van der Waals surface area contributed by atoms with Gasteiger partial charge in [0.25, 0.3) is 0 Å². The number of aromatic hydroxyl groups is 1. The smallest absolute Gasteiger partial charge is 0.115 e. The fourth-order valence-electron chi connectivity index (χ4n) is 0.428. The van der Waals surface area contributed by atoms with Crippen LogP contribution < -0.4 is 0 Å². The van der Waals surface area contributed by atoms with Crippen molar-refractivity contribution in [3.63, 3.8) is 0 Å². The number of hydrogen-bond acceptors (Lipinski definition) is 2. The van der Waals surface area contributed by atoms with Gasteiger partial charge in [-0.1, -0.05) is 18.2 Å². The van der Waals surface area contributed by atoms with Crippen molar-refractivity contribution in [2.75, 3.05) is 0 Å². The van der Waals surface area contributed by atoms with E-state index in [1.807, 2.05) is 6.07 Å². The summed E-state index contributed by atoms with van der Waals surface area (Å²) >= 11 is 0. The highest BCUT2D eigenvalue weighted by molar-refractivity contribution is 5.18. The highest BCUT2D eigenvalue weighted by Gasteiger charge is 1.74. The first-order chi connectivity index (χ1) is 5.13. The third-order valence-electron chi connectivity index (χ3n) is 0.756. The van der Waals surface area contributed by atoms with Crippen LogP contribution in [0.15, 0.2) is 30.3 Å². The standard InChI is InChI=1S/C6H6O.C3H8O/c7-6-4-2-1-3-5-6;1-3(2)4/h1-5,7H;3-4H,1-2H3. The second-order valence-electron chi connectivity index (χ2n) is 2.43. The van der Waals surface area contributed by atoms with Gasteiger partial charge in [-0.15, -0.1) is 0 Å². The molecular weight excluding hydrogens is 140 g/mol. The molecular formula is C9H14O2. The Bertz CT molecular complexity index is 167. The SMILES string of the molecule is CC(C)O.Oc1ccccc1. The van der Waals surface area contributed by atoms with Gasteiger partial charge in [0.05, 0.1) is 0 Å². The molecule has 0 aromatic heterocycles. The molecule has 0 aliphatic rings. The lowest BCUT2D eigenvalue weighted by Crippen LogP contribution is -1.85. The number of para-hydroxylation sites is 1. The van der Waals surface area contributed by atoms with Gasteiger partial charge in [-0.25, -0.2) is 0 Å². The summed E-state index contributed by atoms with van der Waals surface area (Å²) in [6.07, 6.45) is -0.167. The van der Waals surface area contributed by atoms with Crippen molar-refractivity contribution < 1.29 is 10.2 Å². The Morgan fingerprint density at radius 3 is 1.64 bits per heavy atom. The highest BCUT2D eigenvalue weighted by Crippen LogP contribution is 2.02. The molecule has 1 rings (SSSR count). The average Bonchev–Trinajstić information content (AvgIpc) is 1.87. The van der Waals surface area contributed by atoms with Gasteiger partial charge in [-0.3, -0.25) is 0 Å². The number of phenolic OH excluding ortho intramolecular Hbond substituents is 1. The van der Waals surface area contributed by atoms with E-state index in [2.05, 4.69) is 0 Å². The molecule has 11 heavy (non-hydrogen) atoms. The van der Waals surface area contributed by atoms with Gasteiger partial charge in [-0.2, -0.15) is 0 Å². The summed E-state index contributed by atoms with van der Waals surface area (Å²) in [7, 11) is 0. The largest absolute Gasteiger partial charge is 0.508 e. The molecule has 0 spiro atoms. The van der Waals surface area contributed by atoms with E-state index in [0.29, 0.717) is 5.75 Å². The van der Waals surface area contributed by atoms with Crippen molar-refractivity contribution in [2.45, 2.75) is 20.0 Å². The van der Waals surface area contributed by atoms with E-state index in [0.717, 1.165) is 0 Å². The Balaban J connectivity index is 0.000000218. The van der Waals surface area contributed by atoms with Crippen molar-refractivity contribution in [1.29, 1.82) is 0 Å². The Labute approximate surface area is 67.1 Å². The molecule has 2 nitrogen and oxygen atoms in total. The Kier molecular flexibility index (Phi) is 5.21. The lowest BCUT2D eigenvalue weighted by Gasteiger charge is -1.82. The predicted molar refractivity (Wildman–Crippen MR) is 45.5 cm³/mol. The Morgan fingerprint density at radius 1 is 1.09 bits per heavy atom. The number of hydrogen-bond donors (Lipinski definition) is 2. The average molecular weight is 154 g/mol. The number of benzene rings is 1. The predicted octanol–water partition coefficient (Wildman–Crippen LogP) is 1.78. The number of aliphatic hydroxyl groups is 1. The van der Waals surface area contributed by atoms with Crippen LogP contribution in [0, 0.1) is 0 Å². The maximum absolute atomic E-state index is 8.63. The summed E-state index contributed by atoms with van der Waals surface area (Å²) < 4.78 is 0. The molecule has 1 aromatic rings. The topological polar surface area (TPSA) is 40.5 Å². The van der Waals surface area contributed by atoms with Crippen LogP contribution in [0.4, 0.5) is 0 Å². The zero-order valence-electron chi connectivity index (χ0n) is 6.86. The van der Waals surface area contributed by atoms with E-state index in [9.17, 15) is 0 Å². The van der Waals surface area contributed by atoms with Gasteiger partial charge < -0.3 is 10.2 Å². The minimum atomic E-state index is -0.167. The quantitative estimate of drug-likeness (QED) is 0.598.